The molecule has 3 aromatic rings. The summed E-state index contributed by atoms with van der Waals surface area (Å²) in [7, 11) is 0. The lowest BCUT2D eigenvalue weighted by atomic mass is 9.98. The molecule has 2 aromatic carbocycles. The van der Waals surface area contributed by atoms with E-state index in [1.54, 1.807) is 13.0 Å². The minimum atomic E-state index is -1.60. The number of hydrogen-bond donors (Lipinski definition) is 5. The lowest BCUT2D eigenvalue weighted by Crippen LogP contribution is -2.56. The molecule has 0 saturated carbocycles. The highest BCUT2D eigenvalue weighted by Gasteiger charge is 2.44. The van der Waals surface area contributed by atoms with Gasteiger partial charge in [-0.05, 0) is 35.7 Å². The topological polar surface area (TPSA) is 115 Å². The number of benzene rings is 2. The number of halogens is 2. The molecule has 0 radical (unpaired) electrons. The Morgan fingerprint density at radius 3 is 2.39 bits per heavy atom. The second-order valence-corrected chi connectivity index (χ2v) is 7.82. The fourth-order valence-electron chi connectivity index (χ4n) is 4.14. The Hall–Kier alpha value is -2.56. The minimum Gasteiger partial charge on any atom is -0.508 e. The Bertz CT molecular complexity index is 1120. The van der Waals surface area contributed by atoms with E-state index in [4.69, 9.17) is 4.74 Å². The van der Waals surface area contributed by atoms with Crippen LogP contribution in [0.1, 0.15) is 22.9 Å². The van der Waals surface area contributed by atoms with Crippen LogP contribution in [0.25, 0.3) is 10.9 Å². The molecule has 166 valence electrons. The van der Waals surface area contributed by atoms with E-state index in [0.29, 0.717) is 16.6 Å². The van der Waals surface area contributed by atoms with Gasteiger partial charge in [-0.1, -0.05) is 12.1 Å². The summed E-state index contributed by atoms with van der Waals surface area (Å²) in [5.74, 6) is -1.44. The van der Waals surface area contributed by atoms with E-state index in [-0.39, 0.29) is 23.1 Å². The summed E-state index contributed by atoms with van der Waals surface area (Å²) in [6.07, 6.45) is -5.55. The third-order valence-electron chi connectivity index (χ3n) is 5.76. The van der Waals surface area contributed by atoms with Crippen molar-refractivity contribution in [3.05, 3.63) is 64.9 Å². The number of fused-ring (bicyclic) bond motifs is 1. The predicted octanol–water partition coefficient (Wildman–Crippen LogP) is 1.50. The van der Waals surface area contributed by atoms with Crippen molar-refractivity contribution < 1.29 is 39.1 Å². The average Bonchev–Trinajstić information content (AvgIpc) is 3.11. The van der Waals surface area contributed by atoms with Crippen LogP contribution in [0.5, 0.6) is 5.75 Å². The van der Waals surface area contributed by atoms with E-state index in [2.05, 4.69) is 0 Å². The normalized spacial score (nSPS) is 26.5. The van der Waals surface area contributed by atoms with Crippen LogP contribution in [0.3, 0.4) is 0 Å². The molecule has 1 fully saturated rings. The Kier molecular flexibility index (Phi) is 5.71. The summed E-state index contributed by atoms with van der Waals surface area (Å²) in [6, 6.07) is 6.52. The first-order valence-electron chi connectivity index (χ1n) is 9.79. The SMILES string of the molecule is Cc1ccc(F)c2c(Cc3ccc(O)cc3F)cn([C@@H]3O[C@H](CO)[C@@H](O)[C@H](O)[C@H]3O)c12. The maximum atomic E-state index is 14.9. The van der Waals surface area contributed by atoms with Gasteiger partial charge in [0.15, 0.2) is 6.23 Å². The van der Waals surface area contributed by atoms with Gasteiger partial charge in [0, 0.05) is 24.1 Å². The van der Waals surface area contributed by atoms with Crippen molar-refractivity contribution in [1.29, 1.82) is 0 Å². The summed E-state index contributed by atoms with van der Waals surface area (Å²) >= 11 is 0. The number of nitrogens with zero attached hydrogens (tertiary/aromatic N) is 1. The van der Waals surface area contributed by atoms with Gasteiger partial charge in [0.05, 0.1) is 12.1 Å². The number of aromatic nitrogens is 1. The molecule has 0 unspecified atom stereocenters. The Labute approximate surface area is 176 Å². The van der Waals surface area contributed by atoms with Gasteiger partial charge in [0.1, 0.15) is 41.8 Å². The average molecular weight is 435 g/mol. The van der Waals surface area contributed by atoms with Crippen molar-refractivity contribution in [3.63, 3.8) is 0 Å². The quantitative estimate of drug-likeness (QED) is 0.424. The van der Waals surface area contributed by atoms with Gasteiger partial charge in [-0.15, -0.1) is 0 Å². The molecule has 0 spiro atoms. The van der Waals surface area contributed by atoms with Crippen molar-refractivity contribution in [2.75, 3.05) is 6.61 Å². The van der Waals surface area contributed by atoms with Crippen molar-refractivity contribution >= 4 is 10.9 Å². The standard InChI is InChI=1S/C22H23F2NO6/c1-10-2-5-14(23)17-12(6-11-3-4-13(27)7-15(11)24)8-25(18(10)17)22-21(30)20(29)19(28)16(9-26)31-22/h2-5,7-8,16,19-22,26-30H,6,9H2,1H3/t16-,19-,20+,21-,22-/m1/s1. The first kappa shape index (κ1) is 21.7. The zero-order valence-corrected chi connectivity index (χ0v) is 16.6. The van der Waals surface area contributed by atoms with Crippen LogP contribution in [0, 0.1) is 18.6 Å². The number of aliphatic hydroxyl groups is 4. The highest BCUT2D eigenvalue weighted by molar-refractivity contribution is 5.88. The lowest BCUT2D eigenvalue weighted by Gasteiger charge is -2.40. The summed E-state index contributed by atoms with van der Waals surface area (Å²) in [5.41, 5.74) is 1.65. The van der Waals surface area contributed by atoms with Crippen LogP contribution in [-0.4, -0.2) is 61.1 Å². The smallest absolute Gasteiger partial charge is 0.163 e. The molecule has 0 aliphatic carbocycles. The molecule has 7 nitrogen and oxygen atoms in total. The highest BCUT2D eigenvalue weighted by atomic mass is 19.1. The number of aryl methyl sites for hydroxylation is 1. The summed E-state index contributed by atoms with van der Waals surface area (Å²) in [5, 5.41) is 49.9. The lowest BCUT2D eigenvalue weighted by molar-refractivity contribution is -0.250. The maximum Gasteiger partial charge on any atom is 0.163 e. The molecule has 1 saturated heterocycles. The summed E-state index contributed by atoms with van der Waals surface area (Å²) in [6.45, 7) is 1.13. The number of ether oxygens (including phenoxy) is 1. The van der Waals surface area contributed by atoms with Crippen LogP contribution in [-0.2, 0) is 11.2 Å². The number of phenols is 1. The highest BCUT2D eigenvalue weighted by Crippen LogP contribution is 2.36. The molecule has 0 bridgehead atoms. The molecule has 1 aromatic heterocycles. The molecule has 1 aliphatic heterocycles. The number of hydrogen-bond acceptors (Lipinski definition) is 6. The monoisotopic (exact) mass is 435 g/mol. The van der Waals surface area contributed by atoms with Crippen LogP contribution in [0.2, 0.25) is 0 Å². The number of aromatic hydroxyl groups is 1. The first-order valence-corrected chi connectivity index (χ1v) is 9.79. The second kappa shape index (κ2) is 8.18. The van der Waals surface area contributed by atoms with Crippen molar-refractivity contribution in [3.8, 4) is 5.75 Å². The van der Waals surface area contributed by atoms with E-state index < -0.39 is 48.9 Å². The fraction of sp³-hybridized carbons (Fsp3) is 0.364. The van der Waals surface area contributed by atoms with Gasteiger partial charge in [-0.2, -0.15) is 0 Å². The zero-order valence-electron chi connectivity index (χ0n) is 16.6. The molecule has 9 heteroatoms. The van der Waals surface area contributed by atoms with Crippen LogP contribution < -0.4 is 0 Å². The van der Waals surface area contributed by atoms with Crippen LogP contribution >= 0.6 is 0 Å². The summed E-state index contributed by atoms with van der Waals surface area (Å²) < 4.78 is 36.3. The van der Waals surface area contributed by atoms with Gasteiger partial charge in [0.25, 0.3) is 0 Å². The largest absolute Gasteiger partial charge is 0.508 e. The van der Waals surface area contributed by atoms with E-state index in [1.807, 2.05) is 0 Å². The molecule has 31 heavy (non-hydrogen) atoms. The molecule has 5 atom stereocenters. The Morgan fingerprint density at radius 1 is 0.968 bits per heavy atom. The van der Waals surface area contributed by atoms with E-state index in [1.165, 1.54) is 29.0 Å². The van der Waals surface area contributed by atoms with Crippen molar-refractivity contribution in [2.45, 2.75) is 44.0 Å². The van der Waals surface area contributed by atoms with Crippen molar-refractivity contribution in [1.82, 2.24) is 4.57 Å². The van der Waals surface area contributed by atoms with Gasteiger partial charge in [0.2, 0.25) is 0 Å². The second-order valence-electron chi connectivity index (χ2n) is 7.82. The predicted molar refractivity (Wildman–Crippen MR) is 107 cm³/mol. The molecule has 0 amide bonds. The zero-order chi connectivity index (χ0) is 22.4. The van der Waals surface area contributed by atoms with Gasteiger partial charge in [-0.3, -0.25) is 0 Å². The van der Waals surface area contributed by atoms with Gasteiger partial charge in [-0.25, -0.2) is 8.78 Å². The Morgan fingerprint density at radius 2 is 1.71 bits per heavy atom. The fourth-order valence-corrected chi connectivity index (χ4v) is 4.14. The number of rotatable bonds is 4. The Balaban J connectivity index is 1.86. The van der Waals surface area contributed by atoms with Crippen molar-refractivity contribution in [2.24, 2.45) is 0 Å². The number of phenolic OH excluding ortho intramolecular Hbond substituents is 1. The molecule has 5 N–H and O–H groups in total. The molecule has 1 aliphatic rings. The first-order chi connectivity index (χ1) is 14.7. The third-order valence-corrected chi connectivity index (χ3v) is 5.76. The van der Waals surface area contributed by atoms with E-state index >= 15 is 0 Å². The molecular weight excluding hydrogens is 412 g/mol. The van der Waals surface area contributed by atoms with Gasteiger partial charge >= 0.3 is 0 Å². The minimum absolute atomic E-state index is 0.00654. The summed E-state index contributed by atoms with van der Waals surface area (Å²) in [4.78, 5) is 0. The number of aliphatic hydroxyl groups excluding tert-OH is 4. The maximum absolute atomic E-state index is 14.9. The van der Waals surface area contributed by atoms with Crippen LogP contribution in [0.4, 0.5) is 8.78 Å². The van der Waals surface area contributed by atoms with Crippen LogP contribution in [0.15, 0.2) is 36.5 Å². The van der Waals surface area contributed by atoms with E-state index in [9.17, 15) is 34.3 Å². The van der Waals surface area contributed by atoms with E-state index in [0.717, 1.165) is 6.07 Å². The molecule has 4 rings (SSSR count). The molecular formula is C22H23F2NO6. The molecule has 2 heterocycles. The third kappa shape index (κ3) is 3.68. The van der Waals surface area contributed by atoms with Gasteiger partial charge < -0.3 is 34.8 Å².